The van der Waals surface area contributed by atoms with Gasteiger partial charge in [-0.15, -0.1) is 11.3 Å². The Labute approximate surface area is 125 Å². The molecule has 0 aromatic carbocycles. The molecule has 0 atom stereocenters. The van der Waals surface area contributed by atoms with Crippen LogP contribution < -0.4 is 5.32 Å². The van der Waals surface area contributed by atoms with Crippen molar-refractivity contribution in [2.75, 3.05) is 39.3 Å². The second-order valence-electron chi connectivity index (χ2n) is 5.19. The molecule has 0 saturated carbocycles. The normalized spacial score (nSPS) is 17.1. The molecule has 2 heterocycles. The molecular formula is C15H25N3OS. The average Bonchev–Trinajstić information content (AvgIpc) is 2.84. The third-order valence-electron chi connectivity index (χ3n) is 3.67. The van der Waals surface area contributed by atoms with Crippen molar-refractivity contribution in [1.29, 1.82) is 0 Å². The molecule has 112 valence electrons. The van der Waals surface area contributed by atoms with Crippen molar-refractivity contribution in [1.82, 2.24) is 15.1 Å². The van der Waals surface area contributed by atoms with Crippen molar-refractivity contribution in [3.05, 3.63) is 22.4 Å². The predicted molar refractivity (Wildman–Crippen MR) is 84.0 cm³/mol. The molecule has 1 aliphatic rings. The molecule has 5 heteroatoms. The third kappa shape index (κ3) is 4.89. The molecule has 1 saturated heterocycles. The van der Waals surface area contributed by atoms with Gasteiger partial charge in [-0.2, -0.15) is 0 Å². The van der Waals surface area contributed by atoms with Gasteiger partial charge in [0.05, 0.1) is 0 Å². The van der Waals surface area contributed by atoms with E-state index in [0.717, 1.165) is 52.2 Å². The largest absolute Gasteiger partial charge is 0.341 e. The summed E-state index contributed by atoms with van der Waals surface area (Å²) in [5, 5.41) is 5.34. The maximum absolute atomic E-state index is 12.1. The lowest BCUT2D eigenvalue weighted by molar-refractivity contribution is -0.130. The summed E-state index contributed by atoms with van der Waals surface area (Å²) in [6.45, 7) is 8.69. The summed E-state index contributed by atoms with van der Waals surface area (Å²) in [6.07, 6.45) is 1.71. The van der Waals surface area contributed by atoms with Gasteiger partial charge >= 0.3 is 0 Å². The van der Waals surface area contributed by atoms with Gasteiger partial charge in [0.15, 0.2) is 0 Å². The number of hydrogen-bond acceptors (Lipinski definition) is 4. The minimum absolute atomic E-state index is 0.295. The van der Waals surface area contributed by atoms with E-state index in [1.807, 2.05) is 16.2 Å². The van der Waals surface area contributed by atoms with Gasteiger partial charge in [-0.1, -0.05) is 13.0 Å². The van der Waals surface area contributed by atoms with Crippen molar-refractivity contribution in [3.8, 4) is 0 Å². The molecule has 0 unspecified atom stereocenters. The van der Waals surface area contributed by atoms with Gasteiger partial charge in [0, 0.05) is 50.6 Å². The number of hydrogen-bond donors (Lipinski definition) is 1. The summed E-state index contributed by atoms with van der Waals surface area (Å²) < 4.78 is 0. The van der Waals surface area contributed by atoms with Crippen molar-refractivity contribution in [2.24, 2.45) is 0 Å². The van der Waals surface area contributed by atoms with Crippen LogP contribution >= 0.6 is 11.3 Å². The molecule has 1 amide bonds. The molecular weight excluding hydrogens is 270 g/mol. The molecule has 0 bridgehead atoms. The number of nitrogens with zero attached hydrogens (tertiary/aromatic N) is 2. The fraction of sp³-hybridized carbons (Fsp3) is 0.667. The van der Waals surface area contributed by atoms with Gasteiger partial charge < -0.3 is 10.2 Å². The number of rotatable bonds is 6. The first kappa shape index (κ1) is 15.5. The van der Waals surface area contributed by atoms with Crippen LogP contribution in [0.15, 0.2) is 17.5 Å². The maximum Gasteiger partial charge on any atom is 0.223 e. The van der Waals surface area contributed by atoms with Crippen LogP contribution in [-0.4, -0.2) is 55.0 Å². The van der Waals surface area contributed by atoms with E-state index in [0.29, 0.717) is 12.3 Å². The first-order valence-electron chi connectivity index (χ1n) is 7.53. The molecule has 1 aromatic rings. The Bertz CT molecular complexity index is 394. The molecule has 20 heavy (non-hydrogen) atoms. The molecule has 4 nitrogen and oxygen atoms in total. The number of amides is 1. The second kappa shape index (κ2) is 8.39. The molecule has 0 spiro atoms. The van der Waals surface area contributed by atoms with E-state index < -0.39 is 0 Å². The molecule has 1 fully saturated rings. The highest BCUT2D eigenvalue weighted by atomic mass is 32.1. The van der Waals surface area contributed by atoms with Crippen LogP contribution in [0.2, 0.25) is 0 Å². The molecule has 0 aliphatic carbocycles. The number of thiophene rings is 1. The van der Waals surface area contributed by atoms with Gasteiger partial charge in [-0.3, -0.25) is 9.69 Å². The lowest BCUT2D eigenvalue weighted by Gasteiger charge is -2.21. The summed E-state index contributed by atoms with van der Waals surface area (Å²) in [4.78, 5) is 18.0. The Morgan fingerprint density at radius 3 is 3.00 bits per heavy atom. The molecule has 0 radical (unpaired) electrons. The van der Waals surface area contributed by atoms with Crippen LogP contribution in [-0.2, 0) is 11.3 Å². The van der Waals surface area contributed by atoms with Crippen LogP contribution in [0.1, 0.15) is 24.6 Å². The van der Waals surface area contributed by atoms with E-state index in [1.165, 1.54) is 4.88 Å². The van der Waals surface area contributed by atoms with Crippen molar-refractivity contribution in [3.63, 3.8) is 0 Å². The second-order valence-corrected chi connectivity index (χ2v) is 6.23. The Morgan fingerprint density at radius 2 is 2.25 bits per heavy atom. The minimum Gasteiger partial charge on any atom is -0.341 e. The lowest BCUT2D eigenvalue weighted by Crippen LogP contribution is -2.36. The van der Waals surface area contributed by atoms with E-state index in [1.54, 1.807) is 0 Å². The van der Waals surface area contributed by atoms with E-state index in [-0.39, 0.29) is 0 Å². The Hall–Kier alpha value is -0.910. The van der Waals surface area contributed by atoms with Crippen LogP contribution in [0.5, 0.6) is 0 Å². The van der Waals surface area contributed by atoms with Gasteiger partial charge in [-0.25, -0.2) is 0 Å². The summed E-state index contributed by atoms with van der Waals surface area (Å²) in [5.41, 5.74) is 0. The average molecular weight is 295 g/mol. The first-order chi connectivity index (χ1) is 9.79. The highest BCUT2D eigenvalue weighted by molar-refractivity contribution is 7.09. The van der Waals surface area contributed by atoms with E-state index >= 15 is 0 Å². The Kier molecular flexibility index (Phi) is 6.50. The topological polar surface area (TPSA) is 35.6 Å². The summed E-state index contributed by atoms with van der Waals surface area (Å²) in [7, 11) is 0. The standard InChI is InChI=1S/C15H25N3OS/c1-2-16-7-6-15(19)18-9-4-8-17(10-11-18)13-14-5-3-12-20-14/h3,5,12,16H,2,4,6-11,13H2,1H3. The highest BCUT2D eigenvalue weighted by Crippen LogP contribution is 2.14. The minimum atomic E-state index is 0.295. The highest BCUT2D eigenvalue weighted by Gasteiger charge is 2.18. The monoisotopic (exact) mass is 295 g/mol. The van der Waals surface area contributed by atoms with E-state index in [4.69, 9.17) is 0 Å². The zero-order chi connectivity index (χ0) is 14.2. The lowest BCUT2D eigenvalue weighted by atomic mass is 10.3. The van der Waals surface area contributed by atoms with Crippen LogP contribution in [0.4, 0.5) is 0 Å². The summed E-state index contributed by atoms with van der Waals surface area (Å²) in [6, 6.07) is 4.29. The molecule has 1 N–H and O–H groups in total. The zero-order valence-electron chi connectivity index (χ0n) is 12.3. The molecule has 1 aliphatic heterocycles. The smallest absolute Gasteiger partial charge is 0.223 e. The van der Waals surface area contributed by atoms with Crippen LogP contribution in [0, 0.1) is 0 Å². The Morgan fingerprint density at radius 1 is 1.35 bits per heavy atom. The predicted octanol–water partition coefficient (Wildman–Crippen LogP) is 1.78. The quantitative estimate of drug-likeness (QED) is 0.813. The van der Waals surface area contributed by atoms with Crippen molar-refractivity contribution in [2.45, 2.75) is 26.3 Å². The van der Waals surface area contributed by atoms with Gasteiger partial charge in [0.1, 0.15) is 0 Å². The van der Waals surface area contributed by atoms with E-state index in [9.17, 15) is 4.79 Å². The SMILES string of the molecule is CCNCCC(=O)N1CCCN(Cc2cccs2)CC1. The number of carbonyl (C=O) groups is 1. The van der Waals surface area contributed by atoms with E-state index in [2.05, 4.69) is 34.7 Å². The van der Waals surface area contributed by atoms with Gasteiger partial charge in [-0.05, 0) is 24.4 Å². The van der Waals surface area contributed by atoms with Crippen LogP contribution in [0.3, 0.4) is 0 Å². The van der Waals surface area contributed by atoms with Crippen molar-refractivity contribution < 1.29 is 4.79 Å². The summed E-state index contributed by atoms with van der Waals surface area (Å²) >= 11 is 1.81. The fourth-order valence-corrected chi connectivity index (χ4v) is 3.28. The van der Waals surface area contributed by atoms with Gasteiger partial charge in [0.2, 0.25) is 5.91 Å². The molecule has 2 rings (SSSR count). The summed E-state index contributed by atoms with van der Waals surface area (Å²) in [5.74, 6) is 0.295. The molecule has 1 aromatic heterocycles. The first-order valence-corrected chi connectivity index (χ1v) is 8.41. The Balaban J connectivity index is 1.75. The van der Waals surface area contributed by atoms with Gasteiger partial charge in [0.25, 0.3) is 0 Å². The van der Waals surface area contributed by atoms with Crippen LogP contribution in [0.25, 0.3) is 0 Å². The van der Waals surface area contributed by atoms with Crippen molar-refractivity contribution >= 4 is 17.2 Å². The maximum atomic E-state index is 12.1. The third-order valence-corrected chi connectivity index (χ3v) is 4.53. The number of nitrogens with one attached hydrogen (secondary N) is 1. The zero-order valence-corrected chi connectivity index (χ0v) is 13.1. The number of carbonyl (C=O) groups excluding carboxylic acids is 1. The fourth-order valence-electron chi connectivity index (χ4n) is 2.53.